The van der Waals surface area contributed by atoms with Crippen LogP contribution in [-0.4, -0.2) is 39.5 Å². The van der Waals surface area contributed by atoms with Gasteiger partial charge < -0.3 is 14.0 Å². The van der Waals surface area contributed by atoms with Crippen LogP contribution in [0.25, 0.3) is 10.9 Å². The van der Waals surface area contributed by atoms with Gasteiger partial charge in [-0.3, -0.25) is 9.51 Å². The van der Waals surface area contributed by atoms with Crippen molar-refractivity contribution in [1.82, 2.24) is 14.7 Å². The molecule has 6 rings (SSSR count). The number of hydrogen-bond acceptors (Lipinski definition) is 6. The van der Waals surface area contributed by atoms with Gasteiger partial charge in [0.15, 0.2) is 5.82 Å². The Morgan fingerprint density at radius 1 is 1.31 bits per heavy atom. The Morgan fingerprint density at radius 2 is 2.12 bits per heavy atom. The van der Waals surface area contributed by atoms with Crippen molar-refractivity contribution in [2.24, 2.45) is 5.92 Å². The molecule has 3 heterocycles. The second-order valence-corrected chi connectivity index (χ2v) is 9.60. The van der Waals surface area contributed by atoms with Gasteiger partial charge in [0.2, 0.25) is 0 Å². The largest absolute Gasteiger partial charge is 0.461 e. The molecule has 2 aliphatic carbocycles. The Kier molecular flexibility index (Phi) is 4.21. The van der Waals surface area contributed by atoms with Crippen LogP contribution in [0, 0.1) is 5.92 Å². The molecular formula is C24H27N3O5. The molecule has 0 amide bonds. The first kappa shape index (κ1) is 19.8. The van der Waals surface area contributed by atoms with E-state index in [0.29, 0.717) is 24.0 Å². The highest BCUT2D eigenvalue weighted by Crippen LogP contribution is 2.56. The Hall–Kier alpha value is -2.87. The highest BCUT2D eigenvalue weighted by atomic mass is 16.5. The van der Waals surface area contributed by atoms with Gasteiger partial charge in [0.1, 0.15) is 11.2 Å². The lowest BCUT2D eigenvalue weighted by molar-refractivity contribution is -0.0132. The van der Waals surface area contributed by atoms with Crippen molar-refractivity contribution < 1.29 is 18.8 Å². The van der Waals surface area contributed by atoms with Crippen LogP contribution in [0.4, 0.5) is 0 Å². The van der Waals surface area contributed by atoms with Gasteiger partial charge in [-0.05, 0) is 74.6 Å². The summed E-state index contributed by atoms with van der Waals surface area (Å²) in [6.07, 6.45) is 5.14. The van der Waals surface area contributed by atoms with E-state index in [1.165, 1.54) is 5.56 Å². The minimum Gasteiger partial charge on any atom is -0.461 e. The summed E-state index contributed by atoms with van der Waals surface area (Å²) in [6.45, 7) is 4.97. The second kappa shape index (κ2) is 6.81. The van der Waals surface area contributed by atoms with Crippen molar-refractivity contribution in [3.05, 3.63) is 51.9 Å². The summed E-state index contributed by atoms with van der Waals surface area (Å²) in [4.78, 5) is 27.4. The third kappa shape index (κ3) is 2.88. The quantitative estimate of drug-likeness (QED) is 0.611. The molecule has 8 nitrogen and oxygen atoms in total. The molecule has 1 spiro atoms. The minimum atomic E-state index is -0.631. The van der Waals surface area contributed by atoms with Gasteiger partial charge in [0.25, 0.3) is 0 Å². The number of carbonyl (C=O) groups is 1. The molecule has 0 unspecified atom stereocenters. The maximum absolute atomic E-state index is 13.0. The predicted octanol–water partition coefficient (Wildman–Crippen LogP) is 3.70. The fourth-order valence-electron chi connectivity index (χ4n) is 5.65. The van der Waals surface area contributed by atoms with Gasteiger partial charge in [-0.25, -0.2) is 9.59 Å². The first-order valence-electron chi connectivity index (χ1n) is 11.5. The summed E-state index contributed by atoms with van der Waals surface area (Å²) in [5, 5.41) is 4.99. The van der Waals surface area contributed by atoms with Gasteiger partial charge in [-0.1, -0.05) is 18.1 Å². The van der Waals surface area contributed by atoms with Crippen LogP contribution in [0.1, 0.15) is 73.7 Å². The normalized spacial score (nSPS) is 28.2. The van der Waals surface area contributed by atoms with Crippen molar-refractivity contribution in [2.75, 3.05) is 13.2 Å². The summed E-state index contributed by atoms with van der Waals surface area (Å²) in [5.41, 5.74) is 2.16. The van der Waals surface area contributed by atoms with Crippen molar-refractivity contribution in [3.8, 4) is 0 Å². The monoisotopic (exact) mass is 437 g/mol. The predicted molar refractivity (Wildman–Crippen MR) is 116 cm³/mol. The fourth-order valence-corrected chi connectivity index (χ4v) is 5.65. The van der Waals surface area contributed by atoms with E-state index in [4.69, 9.17) is 14.0 Å². The molecule has 0 bridgehead atoms. The van der Waals surface area contributed by atoms with Gasteiger partial charge in [0, 0.05) is 17.5 Å². The lowest BCUT2D eigenvalue weighted by Crippen LogP contribution is -2.27. The van der Waals surface area contributed by atoms with Gasteiger partial charge in [-0.15, -0.1) is 0 Å². The number of aromatic nitrogens is 3. The molecular weight excluding hydrogens is 410 g/mol. The number of hydrogen-bond donors (Lipinski definition) is 1. The summed E-state index contributed by atoms with van der Waals surface area (Å²) >= 11 is 0. The molecule has 3 fully saturated rings. The molecule has 3 aromatic rings. The average molecular weight is 437 g/mol. The number of rotatable bonds is 5. The third-order valence-electron chi connectivity index (χ3n) is 7.60. The summed E-state index contributed by atoms with van der Waals surface area (Å²) in [6, 6.07) is 8.38. The molecule has 2 aromatic heterocycles. The smallest absolute Gasteiger partial charge is 0.438 e. The zero-order valence-corrected chi connectivity index (χ0v) is 18.3. The third-order valence-corrected chi connectivity index (χ3v) is 7.60. The van der Waals surface area contributed by atoms with Gasteiger partial charge in [0.05, 0.1) is 12.2 Å². The topological polar surface area (TPSA) is 99.3 Å². The van der Waals surface area contributed by atoms with Gasteiger partial charge >= 0.3 is 11.7 Å². The summed E-state index contributed by atoms with van der Waals surface area (Å²) in [5.74, 6) is 0.117. The van der Waals surface area contributed by atoms with Crippen LogP contribution < -0.4 is 5.76 Å². The molecule has 1 saturated heterocycles. The van der Waals surface area contributed by atoms with E-state index in [1.807, 2.05) is 10.6 Å². The number of aromatic amines is 1. The van der Waals surface area contributed by atoms with Crippen LogP contribution in [-0.2, 0) is 15.0 Å². The molecule has 1 aliphatic heterocycles. The number of H-pyrrole nitrogens is 1. The Labute approximate surface area is 184 Å². The van der Waals surface area contributed by atoms with E-state index in [0.717, 1.165) is 49.6 Å². The van der Waals surface area contributed by atoms with E-state index in [9.17, 15) is 9.59 Å². The number of carbonyl (C=O) groups excluding carboxylic acids is 1. The van der Waals surface area contributed by atoms with E-state index >= 15 is 0 Å². The average Bonchev–Trinajstić information content (AvgIpc) is 3.55. The molecule has 1 aromatic carbocycles. The van der Waals surface area contributed by atoms with Gasteiger partial charge in [-0.2, -0.15) is 0 Å². The Bertz CT molecular complexity index is 1270. The maximum Gasteiger partial charge on any atom is 0.438 e. The zero-order chi connectivity index (χ0) is 22.1. The van der Waals surface area contributed by atoms with E-state index in [-0.39, 0.29) is 17.5 Å². The van der Waals surface area contributed by atoms with Crippen LogP contribution >= 0.6 is 0 Å². The van der Waals surface area contributed by atoms with E-state index in [1.54, 1.807) is 6.92 Å². The van der Waals surface area contributed by atoms with Crippen LogP contribution in [0.2, 0.25) is 0 Å². The molecule has 3 aliphatic rings. The second-order valence-electron chi connectivity index (χ2n) is 9.60. The molecule has 2 saturated carbocycles. The molecule has 0 radical (unpaired) electrons. The van der Waals surface area contributed by atoms with Crippen molar-refractivity contribution in [1.29, 1.82) is 0 Å². The van der Waals surface area contributed by atoms with Crippen LogP contribution in [0.15, 0.2) is 33.6 Å². The van der Waals surface area contributed by atoms with Crippen LogP contribution in [0.5, 0.6) is 0 Å². The number of benzene rings is 1. The summed E-state index contributed by atoms with van der Waals surface area (Å²) in [7, 11) is 0. The molecule has 1 N–H and O–H groups in total. The van der Waals surface area contributed by atoms with Crippen molar-refractivity contribution in [2.45, 2.75) is 63.0 Å². The number of fused-ring (bicyclic) bond motifs is 1. The van der Waals surface area contributed by atoms with Crippen LogP contribution in [0.3, 0.4) is 0 Å². The SMILES string of the molecule is CCOC(=O)c1cc2cc([C@H]3CCOC4(CC4)C3)ccc2n1[C@]1(c2noc(=O)[nH]2)C[C@@H]1C. The van der Waals surface area contributed by atoms with E-state index in [2.05, 4.69) is 35.3 Å². The van der Waals surface area contributed by atoms with E-state index < -0.39 is 11.3 Å². The number of esters is 1. The molecule has 3 atom stereocenters. The first-order chi connectivity index (χ1) is 15.5. The fraction of sp³-hybridized carbons (Fsp3) is 0.542. The maximum atomic E-state index is 13.0. The number of ether oxygens (including phenoxy) is 2. The number of nitrogens with zero attached hydrogens (tertiary/aromatic N) is 2. The summed E-state index contributed by atoms with van der Waals surface area (Å²) < 4.78 is 18.2. The molecule has 168 valence electrons. The number of nitrogens with one attached hydrogen (secondary N) is 1. The molecule has 32 heavy (non-hydrogen) atoms. The minimum absolute atomic E-state index is 0.103. The first-order valence-corrected chi connectivity index (χ1v) is 11.5. The highest BCUT2D eigenvalue weighted by Gasteiger charge is 2.59. The lowest BCUT2D eigenvalue weighted by atomic mass is 9.87. The molecule has 8 heteroatoms. The van der Waals surface area contributed by atoms with Crippen molar-refractivity contribution >= 4 is 16.9 Å². The Morgan fingerprint density at radius 3 is 2.78 bits per heavy atom. The standard InChI is InChI=1S/C24H27N3O5/c1-3-30-20(28)19-11-17-10-15(16-6-9-31-23(13-16)7-8-23)4-5-18(17)27(19)24(12-14(24)2)21-25-22(29)32-26-21/h4-5,10-11,14,16H,3,6-9,12-13H2,1-2H3,(H,25,26,29)/t14-,16-,24+/m0/s1. The Balaban J connectivity index is 1.48. The highest BCUT2D eigenvalue weighted by molar-refractivity contribution is 5.96. The lowest BCUT2D eigenvalue weighted by Gasteiger charge is -2.30. The zero-order valence-electron chi connectivity index (χ0n) is 18.3. The van der Waals surface area contributed by atoms with Crippen molar-refractivity contribution in [3.63, 3.8) is 0 Å².